The summed E-state index contributed by atoms with van der Waals surface area (Å²) in [7, 11) is 1.47. The van der Waals surface area contributed by atoms with E-state index in [9.17, 15) is 9.59 Å². The highest BCUT2D eigenvalue weighted by Crippen LogP contribution is 2.35. The molecule has 0 aliphatic heterocycles. The maximum Gasteiger partial charge on any atom is 0.260 e. The number of nitrogens with two attached hydrogens (primary N) is 2. The third-order valence-corrected chi connectivity index (χ3v) is 3.77. The predicted molar refractivity (Wildman–Crippen MR) is 77.0 cm³/mol. The van der Waals surface area contributed by atoms with E-state index in [1.54, 1.807) is 6.92 Å². The van der Waals surface area contributed by atoms with Crippen molar-refractivity contribution in [2.45, 2.75) is 13.5 Å². The van der Waals surface area contributed by atoms with Gasteiger partial charge in [0, 0.05) is 7.05 Å². The first-order valence-electron chi connectivity index (χ1n) is 5.91. The monoisotopic (exact) mass is 310 g/mol. The number of hydrogen-bond donors (Lipinski definition) is 4. The summed E-state index contributed by atoms with van der Waals surface area (Å²) < 4.78 is 4.95. The third-order valence-electron chi connectivity index (χ3n) is 2.59. The number of aromatic nitrogens is 2. The van der Waals surface area contributed by atoms with Crippen molar-refractivity contribution in [1.82, 2.24) is 15.5 Å². The average molecular weight is 310 g/mol. The molecule has 2 heterocycles. The van der Waals surface area contributed by atoms with Gasteiger partial charge in [0.15, 0.2) is 5.82 Å². The van der Waals surface area contributed by atoms with Crippen molar-refractivity contribution in [3.05, 3.63) is 22.2 Å². The standard InChI is InChI=1S/C11H14N6O3S/c1-4-16-5(20-17-4)3-15-11-6(10(19)14-2)7(12)8(21-11)9(13)18/h15H,3,12H2,1-2H3,(H2,13,18)(H,14,19). The third kappa shape index (κ3) is 2.94. The Morgan fingerprint density at radius 2 is 2.14 bits per heavy atom. The van der Waals surface area contributed by atoms with Crippen LogP contribution in [0.4, 0.5) is 10.7 Å². The van der Waals surface area contributed by atoms with Crippen LogP contribution in [0.25, 0.3) is 0 Å². The first-order valence-corrected chi connectivity index (χ1v) is 6.72. The fraction of sp³-hybridized carbons (Fsp3) is 0.273. The Bertz CT molecular complexity index is 692. The summed E-state index contributed by atoms with van der Waals surface area (Å²) in [6.07, 6.45) is 0. The lowest BCUT2D eigenvalue weighted by Gasteiger charge is -2.04. The van der Waals surface area contributed by atoms with Crippen LogP contribution in [0, 0.1) is 6.92 Å². The molecular weight excluding hydrogens is 296 g/mol. The lowest BCUT2D eigenvalue weighted by molar-refractivity contribution is 0.0964. The summed E-state index contributed by atoms with van der Waals surface area (Å²) in [5.74, 6) is -0.255. The number of primary amides is 1. The smallest absolute Gasteiger partial charge is 0.260 e. The molecule has 10 heteroatoms. The van der Waals surface area contributed by atoms with Crippen molar-refractivity contribution in [2.24, 2.45) is 5.73 Å². The molecule has 0 saturated carbocycles. The number of amides is 2. The van der Waals surface area contributed by atoms with Crippen LogP contribution >= 0.6 is 11.3 Å². The van der Waals surface area contributed by atoms with E-state index in [2.05, 4.69) is 20.8 Å². The van der Waals surface area contributed by atoms with Crippen LogP contribution in [0.2, 0.25) is 0 Å². The highest BCUT2D eigenvalue weighted by molar-refractivity contribution is 7.19. The lowest BCUT2D eigenvalue weighted by Crippen LogP contribution is -2.20. The van der Waals surface area contributed by atoms with Gasteiger partial charge in [0.2, 0.25) is 5.89 Å². The topological polar surface area (TPSA) is 149 Å². The Labute approximate surface area is 123 Å². The molecule has 0 unspecified atom stereocenters. The van der Waals surface area contributed by atoms with Crippen LogP contribution in [-0.2, 0) is 6.54 Å². The van der Waals surface area contributed by atoms with E-state index in [4.69, 9.17) is 16.0 Å². The average Bonchev–Trinajstić information content (AvgIpc) is 2.99. The number of carbonyl (C=O) groups is 2. The molecule has 0 aliphatic carbocycles. The van der Waals surface area contributed by atoms with Gasteiger partial charge in [-0.2, -0.15) is 4.98 Å². The minimum atomic E-state index is -0.690. The molecule has 2 aromatic rings. The van der Waals surface area contributed by atoms with Crippen molar-refractivity contribution < 1.29 is 14.1 Å². The van der Waals surface area contributed by atoms with E-state index in [-0.39, 0.29) is 22.7 Å². The van der Waals surface area contributed by atoms with Crippen LogP contribution < -0.4 is 22.1 Å². The van der Waals surface area contributed by atoms with Gasteiger partial charge in [-0.1, -0.05) is 5.16 Å². The van der Waals surface area contributed by atoms with E-state index in [1.165, 1.54) is 7.05 Å². The second kappa shape index (κ2) is 5.79. The molecule has 112 valence electrons. The van der Waals surface area contributed by atoms with Gasteiger partial charge in [0.05, 0.1) is 17.8 Å². The van der Waals surface area contributed by atoms with Crippen LogP contribution in [0.15, 0.2) is 4.52 Å². The summed E-state index contributed by atoms with van der Waals surface area (Å²) in [5.41, 5.74) is 11.3. The van der Waals surface area contributed by atoms with Crippen molar-refractivity contribution in [3.8, 4) is 0 Å². The largest absolute Gasteiger partial charge is 0.397 e. The Morgan fingerprint density at radius 1 is 1.43 bits per heavy atom. The fourth-order valence-electron chi connectivity index (χ4n) is 1.67. The number of thiophene rings is 1. The van der Waals surface area contributed by atoms with Crippen LogP contribution in [0.3, 0.4) is 0 Å². The van der Waals surface area contributed by atoms with E-state index in [0.29, 0.717) is 16.7 Å². The molecule has 21 heavy (non-hydrogen) atoms. The molecule has 0 aliphatic rings. The second-order valence-corrected chi connectivity index (χ2v) is 5.10. The van der Waals surface area contributed by atoms with E-state index in [0.717, 1.165) is 11.3 Å². The summed E-state index contributed by atoms with van der Waals surface area (Å²) in [6, 6.07) is 0. The van der Waals surface area contributed by atoms with Gasteiger partial charge in [-0.3, -0.25) is 9.59 Å². The minimum absolute atomic E-state index is 0.0519. The molecule has 0 saturated heterocycles. The molecular formula is C11H14N6O3S. The van der Waals surface area contributed by atoms with Crippen molar-refractivity contribution in [3.63, 3.8) is 0 Å². The summed E-state index contributed by atoms with van der Waals surface area (Å²) >= 11 is 1.00. The van der Waals surface area contributed by atoms with Gasteiger partial charge in [0.1, 0.15) is 9.88 Å². The van der Waals surface area contributed by atoms with Gasteiger partial charge < -0.3 is 26.6 Å². The Kier molecular flexibility index (Phi) is 4.08. The summed E-state index contributed by atoms with van der Waals surface area (Å²) in [4.78, 5) is 27.4. The van der Waals surface area contributed by atoms with Gasteiger partial charge in [0.25, 0.3) is 11.8 Å². The molecule has 2 aromatic heterocycles. The highest BCUT2D eigenvalue weighted by atomic mass is 32.1. The van der Waals surface area contributed by atoms with Crippen molar-refractivity contribution >= 4 is 33.8 Å². The number of hydrogen-bond acceptors (Lipinski definition) is 8. The van der Waals surface area contributed by atoms with Crippen molar-refractivity contribution in [2.75, 3.05) is 18.1 Å². The van der Waals surface area contributed by atoms with E-state index >= 15 is 0 Å². The van der Waals surface area contributed by atoms with Crippen LogP contribution in [0.1, 0.15) is 31.7 Å². The highest BCUT2D eigenvalue weighted by Gasteiger charge is 2.24. The molecule has 0 atom stereocenters. The molecule has 0 radical (unpaired) electrons. The molecule has 6 N–H and O–H groups in total. The Balaban J connectivity index is 2.30. The Hall–Kier alpha value is -2.62. The lowest BCUT2D eigenvalue weighted by atomic mass is 10.2. The molecule has 0 aromatic carbocycles. The maximum absolute atomic E-state index is 11.9. The van der Waals surface area contributed by atoms with Gasteiger partial charge >= 0.3 is 0 Å². The number of aryl methyl sites for hydroxylation is 1. The quantitative estimate of drug-likeness (QED) is 0.611. The number of carbonyl (C=O) groups excluding carboxylic acids is 2. The van der Waals surface area contributed by atoms with E-state index < -0.39 is 11.8 Å². The second-order valence-electron chi connectivity index (χ2n) is 4.08. The number of anilines is 2. The molecule has 0 spiro atoms. The Morgan fingerprint density at radius 3 is 2.67 bits per heavy atom. The number of nitrogen functional groups attached to an aromatic ring is 1. The minimum Gasteiger partial charge on any atom is -0.397 e. The zero-order valence-electron chi connectivity index (χ0n) is 11.4. The van der Waals surface area contributed by atoms with Gasteiger partial charge in [-0.15, -0.1) is 11.3 Å². The molecule has 0 fully saturated rings. The number of rotatable bonds is 5. The summed E-state index contributed by atoms with van der Waals surface area (Å²) in [6.45, 7) is 1.89. The molecule has 0 bridgehead atoms. The predicted octanol–water partition coefficient (Wildman–Crippen LogP) is 0.0923. The fourth-order valence-corrected chi connectivity index (χ4v) is 2.64. The van der Waals surface area contributed by atoms with Crippen LogP contribution in [-0.4, -0.2) is 29.0 Å². The maximum atomic E-state index is 11.9. The number of nitrogens with one attached hydrogen (secondary N) is 2. The van der Waals surface area contributed by atoms with Gasteiger partial charge in [-0.25, -0.2) is 0 Å². The van der Waals surface area contributed by atoms with E-state index in [1.807, 2.05) is 0 Å². The molecule has 9 nitrogen and oxygen atoms in total. The molecule has 2 rings (SSSR count). The zero-order chi connectivity index (χ0) is 15.6. The summed E-state index contributed by atoms with van der Waals surface area (Å²) in [5, 5.41) is 9.48. The normalized spacial score (nSPS) is 10.4. The zero-order valence-corrected chi connectivity index (χ0v) is 12.2. The SMILES string of the molecule is CNC(=O)c1c(NCc2nc(C)no2)sc(C(N)=O)c1N. The van der Waals surface area contributed by atoms with Crippen molar-refractivity contribution in [1.29, 1.82) is 0 Å². The molecule has 2 amide bonds. The van der Waals surface area contributed by atoms with Gasteiger partial charge in [-0.05, 0) is 6.92 Å². The first-order chi connectivity index (χ1) is 9.93. The first kappa shape index (κ1) is 14.8. The number of nitrogens with zero attached hydrogens (tertiary/aromatic N) is 2. The van der Waals surface area contributed by atoms with Crippen LogP contribution in [0.5, 0.6) is 0 Å².